The molecule has 4 rings (SSSR count). The number of aryl methyl sites for hydroxylation is 4. The van der Waals surface area contributed by atoms with Gasteiger partial charge in [-0.1, -0.05) is 27.7 Å². The van der Waals surface area contributed by atoms with E-state index in [0.29, 0.717) is 0 Å². The second-order valence-electron chi connectivity index (χ2n) is 7.15. The molecule has 4 aromatic carbocycles. The van der Waals surface area contributed by atoms with E-state index < -0.39 is 18.9 Å². The van der Waals surface area contributed by atoms with Gasteiger partial charge in [0.1, 0.15) is 0 Å². The average molecular weight is 515 g/mol. The van der Waals surface area contributed by atoms with Gasteiger partial charge in [0.05, 0.1) is 0 Å². The van der Waals surface area contributed by atoms with Crippen molar-refractivity contribution in [3.63, 3.8) is 0 Å². The molecule has 0 atom stereocenters. The molecular formula is C27H28Cl2Zr-2. The third kappa shape index (κ3) is 7.95. The van der Waals surface area contributed by atoms with E-state index >= 15 is 0 Å². The Morgan fingerprint density at radius 3 is 1.17 bits per heavy atom. The molecule has 0 aliphatic heterocycles. The quantitative estimate of drug-likeness (QED) is 0.236. The van der Waals surface area contributed by atoms with Crippen LogP contribution in [0.3, 0.4) is 0 Å². The summed E-state index contributed by atoms with van der Waals surface area (Å²) < 4.78 is 1.15. The maximum absolute atomic E-state index is 6.24. The van der Waals surface area contributed by atoms with Crippen molar-refractivity contribution in [1.29, 1.82) is 0 Å². The number of benzene rings is 2. The van der Waals surface area contributed by atoms with Gasteiger partial charge in [-0.15, -0.1) is 0 Å². The van der Waals surface area contributed by atoms with E-state index in [0.717, 1.165) is 14.3 Å². The molecule has 0 aliphatic carbocycles. The van der Waals surface area contributed by atoms with E-state index in [1.165, 1.54) is 22.3 Å². The summed E-state index contributed by atoms with van der Waals surface area (Å²) in [6.07, 6.45) is 0. The molecule has 4 aromatic rings. The fraction of sp³-hybridized carbons (Fsp3) is 0.148. The van der Waals surface area contributed by atoms with E-state index in [2.05, 4.69) is 88.4 Å². The zero-order valence-electron chi connectivity index (χ0n) is 18.0. The molecule has 0 N–H and O–H groups in total. The molecule has 156 valence electrons. The summed E-state index contributed by atoms with van der Waals surface area (Å²) in [6.45, 7) is 8.48. The van der Waals surface area contributed by atoms with Gasteiger partial charge in [-0.3, -0.25) is 0 Å². The number of hydrogen-bond acceptors (Lipinski definition) is 0. The zero-order chi connectivity index (χ0) is 21.9. The minimum absolute atomic E-state index is 1.15. The fourth-order valence-corrected chi connectivity index (χ4v) is 7.27. The summed E-state index contributed by atoms with van der Waals surface area (Å²) in [5.41, 5.74) is 7.85. The van der Waals surface area contributed by atoms with Crippen LogP contribution in [0.2, 0.25) is 0 Å². The van der Waals surface area contributed by atoms with E-state index in [1.807, 2.05) is 36.4 Å². The van der Waals surface area contributed by atoms with Crippen molar-refractivity contribution in [2.75, 3.05) is 0 Å². The third-order valence-electron chi connectivity index (χ3n) is 4.94. The van der Waals surface area contributed by atoms with Gasteiger partial charge in [-0.25, -0.2) is 12.1 Å². The van der Waals surface area contributed by atoms with Crippen molar-refractivity contribution in [1.82, 2.24) is 0 Å². The number of halogens is 2. The van der Waals surface area contributed by atoms with Crippen LogP contribution in [0.25, 0.3) is 0 Å². The SMILES string of the molecule is Cc1cc[cH-]c1C.Cc1cc[cH-]c1C.[Cl][Zr]([Cl])=[C](c1ccccc1)c1ccccc1. The summed E-state index contributed by atoms with van der Waals surface area (Å²) in [5, 5.41) is 0. The Morgan fingerprint density at radius 2 is 0.967 bits per heavy atom. The molecule has 0 nitrogen and oxygen atoms in total. The summed E-state index contributed by atoms with van der Waals surface area (Å²) in [5.74, 6) is 0. The van der Waals surface area contributed by atoms with E-state index in [-0.39, 0.29) is 0 Å². The second-order valence-corrected chi connectivity index (χ2v) is 15.3. The molecule has 0 unspecified atom stereocenters. The van der Waals surface area contributed by atoms with Gasteiger partial charge in [-0.05, 0) is 0 Å². The molecule has 0 heterocycles. The Balaban J connectivity index is 0.000000188. The van der Waals surface area contributed by atoms with E-state index in [1.54, 1.807) is 0 Å². The number of rotatable bonds is 2. The van der Waals surface area contributed by atoms with Crippen molar-refractivity contribution in [3.8, 4) is 0 Å². The molecule has 3 heteroatoms. The monoisotopic (exact) mass is 512 g/mol. The molecule has 0 saturated heterocycles. The van der Waals surface area contributed by atoms with E-state index in [4.69, 9.17) is 17.0 Å². The van der Waals surface area contributed by atoms with Crippen LogP contribution in [0.4, 0.5) is 0 Å². The number of hydrogen-bond donors (Lipinski definition) is 0. The van der Waals surface area contributed by atoms with Gasteiger partial charge in [-0.2, -0.15) is 46.5 Å². The van der Waals surface area contributed by atoms with Crippen molar-refractivity contribution < 1.29 is 18.9 Å². The van der Waals surface area contributed by atoms with Crippen LogP contribution < -0.4 is 0 Å². The molecule has 0 aromatic heterocycles. The van der Waals surface area contributed by atoms with Crippen LogP contribution in [0.15, 0.2) is 97.1 Å². The Hall–Kier alpha value is -1.53. The van der Waals surface area contributed by atoms with Gasteiger partial charge in [0.2, 0.25) is 0 Å². The molecule has 0 aliphatic rings. The molecule has 0 saturated carbocycles. The van der Waals surface area contributed by atoms with Crippen molar-refractivity contribution in [2.45, 2.75) is 27.7 Å². The third-order valence-corrected chi connectivity index (χ3v) is 9.53. The Bertz CT molecular complexity index is 924. The summed E-state index contributed by atoms with van der Waals surface area (Å²) in [4.78, 5) is 0. The predicted octanol–water partition coefficient (Wildman–Crippen LogP) is 8.23. The van der Waals surface area contributed by atoms with Gasteiger partial charge in [0, 0.05) is 0 Å². The van der Waals surface area contributed by atoms with Gasteiger partial charge >= 0.3 is 111 Å². The van der Waals surface area contributed by atoms with Gasteiger partial charge in [0.25, 0.3) is 0 Å². The maximum atomic E-state index is 6.24. The first kappa shape index (κ1) is 24.7. The van der Waals surface area contributed by atoms with Crippen molar-refractivity contribution in [3.05, 3.63) is 130 Å². The van der Waals surface area contributed by atoms with Crippen molar-refractivity contribution >= 4 is 20.2 Å². The Labute approximate surface area is 196 Å². The topological polar surface area (TPSA) is 0 Å². The predicted molar refractivity (Wildman–Crippen MR) is 131 cm³/mol. The van der Waals surface area contributed by atoms with Crippen LogP contribution in [0, 0.1) is 27.7 Å². The van der Waals surface area contributed by atoms with Crippen LogP contribution in [0.5, 0.6) is 0 Å². The summed E-state index contributed by atoms with van der Waals surface area (Å²) in [6, 6.07) is 32.9. The standard InChI is InChI=1S/C13H10.2C7H9.2ClH.Zr/c1-3-7-12(8-4-1)11-13-9-5-2-6-10-13;2*1-6-4-3-5-7(6)2;;;/h1-10H;2*3-5H,1-2H3;2*1H;/q;2*-1;;;+2/p-2. The first-order chi connectivity index (χ1) is 14.4. The normalized spacial score (nSPS) is 9.67. The molecule has 0 fully saturated rings. The van der Waals surface area contributed by atoms with Gasteiger partial charge in [0.15, 0.2) is 0 Å². The first-order valence-corrected chi connectivity index (χ1v) is 17.5. The molecule has 0 spiro atoms. The van der Waals surface area contributed by atoms with Crippen LogP contribution >= 0.6 is 17.0 Å². The first-order valence-electron chi connectivity index (χ1n) is 9.94. The fourth-order valence-electron chi connectivity index (χ4n) is 2.79. The van der Waals surface area contributed by atoms with Crippen LogP contribution in [-0.2, 0) is 18.9 Å². The Kier molecular flexibility index (Phi) is 10.7. The second kappa shape index (κ2) is 13.0. The van der Waals surface area contributed by atoms with Crippen LogP contribution in [0.1, 0.15) is 33.4 Å². The van der Waals surface area contributed by atoms with Gasteiger partial charge < -0.3 is 0 Å². The molecular weight excluding hydrogens is 486 g/mol. The summed E-state index contributed by atoms with van der Waals surface area (Å²) >= 11 is -2.44. The Morgan fingerprint density at radius 1 is 0.600 bits per heavy atom. The van der Waals surface area contributed by atoms with Crippen molar-refractivity contribution in [2.24, 2.45) is 0 Å². The van der Waals surface area contributed by atoms with Crippen LogP contribution in [-0.4, -0.2) is 3.21 Å². The summed E-state index contributed by atoms with van der Waals surface area (Å²) in [7, 11) is 12.5. The minimum atomic E-state index is -2.44. The van der Waals surface area contributed by atoms with E-state index in [9.17, 15) is 0 Å². The molecule has 0 bridgehead atoms. The molecule has 0 amide bonds. The zero-order valence-corrected chi connectivity index (χ0v) is 22.0. The molecule has 0 radical (unpaired) electrons. The molecule has 30 heavy (non-hydrogen) atoms. The average Bonchev–Trinajstić information content (AvgIpc) is 3.31.